The third-order valence-electron chi connectivity index (χ3n) is 3.32. The van der Waals surface area contributed by atoms with Crippen molar-refractivity contribution >= 4 is 11.9 Å². The summed E-state index contributed by atoms with van der Waals surface area (Å²) in [5.74, 6) is -0.711. The lowest BCUT2D eigenvalue weighted by molar-refractivity contribution is -0.142. The van der Waals surface area contributed by atoms with Crippen molar-refractivity contribution in [3.05, 3.63) is 11.1 Å². The van der Waals surface area contributed by atoms with Crippen LogP contribution in [0.5, 0.6) is 0 Å². The van der Waals surface area contributed by atoms with Crippen molar-refractivity contribution in [2.75, 3.05) is 13.2 Å². The number of carbonyl (C=O) groups excluding carboxylic acids is 2. The Kier molecular flexibility index (Phi) is 12.5. The fraction of sp³-hybridized carbons (Fsp3) is 0.778. The van der Waals surface area contributed by atoms with Crippen molar-refractivity contribution in [1.82, 2.24) is 0 Å². The molecule has 0 spiro atoms. The van der Waals surface area contributed by atoms with Gasteiger partial charge in [-0.3, -0.25) is 0 Å². The SMILES string of the molecule is CCCCOC(=O)/C(CCC)=C(/CCC)C(=O)OCCCC. The molecule has 0 aliphatic heterocycles. The topological polar surface area (TPSA) is 52.6 Å². The zero-order valence-corrected chi connectivity index (χ0v) is 14.7. The van der Waals surface area contributed by atoms with Crippen molar-refractivity contribution in [3.8, 4) is 0 Å². The van der Waals surface area contributed by atoms with Gasteiger partial charge in [0, 0.05) is 11.1 Å². The largest absolute Gasteiger partial charge is 0.462 e. The first-order chi connectivity index (χ1) is 10.6. The predicted molar refractivity (Wildman–Crippen MR) is 88.6 cm³/mol. The third-order valence-corrected chi connectivity index (χ3v) is 3.32. The summed E-state index contributed by atoms with van der Waals surface area (Å²) in [4.78, 5) is 24.5. The van der Waals surface area contributed by atoms with Gasteiger partial charge in [0.05, 0.1) is 13.2 Å². The van der Waals surface area contributed by atoms with E-state index in [1.54, 1.807) is 0 Å². The van der Waals surface area contributed by atoms with E-state index in [-0.39, 0.29) is 11.9 Å². The van der Waals surface area contributed by atoms with E-state index in [1.807, 2.05) is 27.7 Å². The summed E-state index contributed by atoms with van der Waals surface area (Å²) in [6.07, 6.45) is 6.35. The fourth-order valence-corrected chi connectivity index (χ4v) is 2.04. The van der Waals surface area contributed by atoms with Crippen LogP contribution in [0.3, 0.4) is 0 Å². The molecular weight excluding hydrogens is 280 g/mol. The molecule has 0 radical (unpaired) electrons. The minimum absolute atomic E-state index is 0.355. The molecule has 0 rings (SSSR count). The number of rotatable bonds is 12. The van der Waals surface area contributed by atoms with E-state index < -0.39 is 0 Å². The molecule has 0 N–H and O–H groups in total. The average Bonchev–Trinajstić information content (AvgIpc) is 2.51. The van der Waals surface area contributed by atoms with Crippen LogP contribution in [0, 0.1) is 0 Å². The van der Waals surface area contributed by atoms with Crippen molar-refractivity contribution in [2.45, 2.75) is 79.1 Å². The monoisotopic (exact) mass is 312 g/mol. The van der Waals surface area contributed by atoms with Gasteiger partial charge in [0.25, 0.3) is 0 Å². The summed E-state index contributed by atoms with van der Waals surface area (Å²) in [5, 5.41) is 0. The third kappa shape index (κ3) is 8.20. The molecule has 0 bridgehead atoms. The molecule has 0 atom stereocenters. The molecule has 0 saturated heterocycles. The van der Waals surface area contributed by atoms with Crippen molar-refractivity contribution in [3.63, 3.8) is 0 Å². The minimum Gasteiger partial charge on any atom is -0.462 e. The number of hydrogen-bond donors (Lipinski definition) is 0. The second-order valence-electron chi connectivity index (χ2n) is 5.44. The van der Waals surface area contributed by atoms with E-state index in [2.05, 4.69) is 0 Å². The Balaban J connectivity index is 5.08. The maximum absolute atomic E-state index is 12.3. The fourth-order valence-electron chi connectivity index (χ4n) is 2.04. The molecule has 0 unspecified atom stereocenters. The first kappa shape index (κ1) is 20.7. The molecule has 4 nitrogen and oxygen atoms in total. The highest BCUT2D eigenvalue weighted by Crippen LogP contribution is 2.20. The summed E-state index contributed by atoms with van der Waals surface area (Å²) >= 11 is 0. The van der Waals surface area contributed by atoms with Gasteiger partial charge in [0.15, 0.2) is 0 Å². The van der Waals surface area contributed by atoms with E-state index in [4.69, 9.17) is 9.47 Å². The lowest BCUT2D eigenvalue weighted by Crippen LogP contribution is -2.18. The molecule has 0 saturated carbocycles. The first-order valence-corrected chi connectivity index (χ1v) is 8.68. The quantitative estimate of drug-likeness (QED) is 0.301. The van der Waals surface area contributed by atoms with Crippen LogP contribution in [-0.2, 0) is 19.1 Å². The van der Waals surface area contributed by atoms with Gasteiger partial charge >= 0.3 is 11.9 Å². The van der Waals surface area contributed by atoms with Crippen LogP contribution in [0.25, 0.3) is 0 Å². The molecule has 0 aliphatic rings. The van der Waals surface area contributed by atoms with Gasteiger partial charge in [-0.1, -0.05) is 53.4 Å². The molecule has 0 aromatic heterocycles. The molecule has 4 heteroatoms. The lowest BCUT2D eigenvalue weighted by atomic mass is 10.00. The summed E-state index contributed by atoms with van der Waals surface area (Å²) in [6, 6.07) is 0. The van der Waals surface area contributed by atoms with Gasteiger partial charge < -0.3 is 9.47 Å². The van der Waals surface area contributed by atoms with Gasteiger partial charge in [-0.2, -0.15) is 0 Å². The Bertz CT molecular complexity index is 324. The second kappa shape index (κ2) is 13.4. The highest BCUT2D eigenvalue weighted by atomic mass is 16.5. The number of unbranched alkanes of at least 4 members (excludes halogenated alkanes) is 2. The van der Waals surface area contributed by atoms with Gasteiger partial charge in [-0.25, -0.2) is 9.59 Å². The smallest absolute Gasteiger partial charge is 0.334 e. The molecule has 0 amide bonds. The maximum Gasteiger partial charge on any atom is 0.334 e. The Morgan fingerprint density at radius 2 is 1.00 bits per heavy atom. The molecular formula is C18H32O4. The van der Waals surface area contributed by atoms with E-state index >= 15 is 0 Å². The molecule has 0 heterocycles. The maximum atomic E-state index is 12.3. The van der Waals surface area contributed by atoms with Gasteiger partial charge in [0.1, 0.15) is 0 Å². The first-order valence-electron chi connectivity index (χ1n) is 8.68. The van der Waals surface area contributed by atoms with Crippen LogP contribution >= 0.6 is 0 Å². The highest BCUT2D eigenvalue weighted by Gasteiger charge is 2.22. The summed E-state index contributed by atoms with van der Waals surface area (Å²) in [7, 11) is 0. The van der Waals surface area contributed by atoms with Crippen LogP contribution in [-0.4, -0.2) is 25.2 Å². The average molecular weight is 312 g/mol. The highest BCUT2D eigenvalue weighted by molar-refractivity contribution is 6.00. The Hall–Kier alpha value is -1.32. The molecule has 0 aromatic rings. The number of esters is 2. The van der Waals surface area contributed by atoms with E-state index in [1.165, 1.54) is 0 Å². The summed E-state index contributed by atoms with van der Waals surface area (Å²) in [6.45, 7) is 8.89. The standard InChI is InChI=1S/C18H32O4/c1-5-9-13-21-17(19)15(11-7-3)16(12-8-4)18(20)22-14-10-6-2/h5-14H2,1-4H3/b16-15-. The van der Waals surface area contributed by atoms with Crippen molar-refractivity contribution < 1.29 is 19.1 Å². The Morgan fingerprint density at radius 1 is 0.636 bits per heavy atom. The van der Waals surface area contributed by atoms with Crippen LogP contribution in [0.15, 0.2) is 11.1 Å². The molecule has 0 aliphatic carbocycles. The number of carbonyl (C=O) groups is 2. The van der Waals surface area contributed by atoms with Gasteiger partial charge in [-0.05, 0) is 25.7 Å². The van der Waals surface area contributed by atoms with Crippen LogP contribution in [0.4, 0.5) is 0 Å². The van der Waals surface area contributed by atoms with Crippen LogP contribution in [0.2, 0.25) is 0 Å². The normalized spacial score (nSPS) is 11.8. The molecule has 0 aromatic carbocycles. The van der Waals surface area contributed by atoms with Gasteiger partial charge in [-0.15, -0.1) is 0 Å². The zero-order chi connectivity index (χ0) is 16.8. The Labute approximate surface area is 135 Å². The second-order valence-corrected chi connectivity index (χ2v) is 5.44. The van der Waals surface area contributed by atoms with Crippen molar-refractivity contribution in [2.24, 2.45) is 0 Å². The minimum atomic E-state index is -0.355. The van der Waals surface area contributed by atoms with E-state index in [0.29, 0.717) is 37.2 Å². The molecule has 22 heavy (non-hydrogen) atoms. The predicted octanol–water partition coefficient (Wildman–Crippen LogP) is 4.57. The van der Waals surface area contributed by atoms with E-state index in [0.717, 1.165) is 38.5 Å². The van der Waals surface area contributed by atoms with E-state index in [9.17, 15) is 9.59 Å². The van der Waals surface area contributed by atoms with Crippen LogP contribution < -0.4 is 0 Å². The van der Waals surface area contributed by atoms with Gasteiger partial charge in [0.2, 0.25) is 0 Å². The Morgan fingerprint density at radius 3 is 1.27 bits per heavy atom. The number of ether oxygens (including phenoxy) is 2. The van der Waals surface area contributed by atoms with Crippen LogP contribution in [0.1, 0.15) is 79.1 Å². The zero-order valence-electron chi connectivity index (χ0n) is 14.7. The molecule has 0 fully saturated rings. The number of hydrogen-bond acceptors (Lipinski definition) is 4. The summed E-state index contributed by atoms with van der Waals surface area (Å²) in [5.41, 5.74) is 1.00. The molecule has 128 valence electrons. The van der Waals surface area contributed by atoms with Crippen molar-refractivity contribution in [1.29, 1.82) is 0 Å². The summed E-state index contributed by atoms with van der Waals surface area (Å²) < 4.78 is 10.6. The lowest BCUT2D eigenvalue weighted by Gasteiger charge is -2.14.